The van der Waals surface area contributed by atoms with Crippen molar-refractivity contribution in [3.8, 4) is 0 Å². The van der Waals surface area contributed by atoms with Crippen LogP contribution in [0.3, 0.4) is 0 Å². The number of benzene rings is 1. The van der Waals surface area contributed by atoms with Gasteiger partial charge in [0.2, 0.25) is 0 Å². The third-order valence-corrected chi connectivity index (χ3v) is 7.06. The van der Waals surface area contributed by atoms with Crippen LogP contribution < -0.4 is 5.19 Å². The van der Waals surface area contributed by atoms with E-state index in [0.717, 1.165) is 0 Å². The molecule has 1 aromatic rings. The number of hydrogen-bond donors (Lipinski definition) is 0. The van der Waals surface area contributed by atoms with E-state index in [-0.39, 0.29) is 0 Å². The molecule has 1 heterocycles. The maximum Gasteiger partial charge on any atom is 0.117 e. The Balaban J connectivity index is 2.38. The van der Waals surface area contributed by atoms with E-state index in [1.54, 1.807) is 0 Å². The summed E-state index contributed by atoms with van der Waals surface area (Å²) in [6.07, 6.45) is 4.61. The van der Waals surface area contributed by atoms with Gasteiger partial charge < -0.3 is 0 Å². The molecule has 1 aliphatic heterocycles. The zero-order valence-corrected chi connectivity index (χ0v) is 8.74. The standard InChI is InChI=1S/C12H14Si/c1-2-13(10-6-7-11-13)12-8-4-3-5-9-12/h2-9H,1,10-11H2. The molecule has 1 heteroatoms. The summed E-state index contributed by atoms with van der Waals surface area (Å²) in [5.74, 6) is 0. The van der Waals surface area contributed by atoms with Gasteiger partial charge in [0.15, 0.2) is 0 Å². The topological polar surface area (TPSA) is 0 Å². The molecule has 0 aromatic heterocycles. The minimum absolute atomic E-state index is 1.24. The van der Waals surface area contributed by atoms with E-state index >= 15 is 0 Å². The lowest BCUT2D eigenvalue weighted by atomic mass is 10.4. The fourth-order valence-electron chi connectivity index (χ4n) is 1.96. The molecule has 13 heavy (non-hydrogen) atoms. The lowest BCUT2D eigenvalue weighted by molar-refractivity contribution is 1.59. The molecule has 0 unspecified atom stereocenters. The van der Waals surface area contributed by atoms with Gasteiger partial charge in [-0.1, -0.05) is 53.4 Å². The lowest BCUT2D eigenvalue weighted by Crippen LogP contribution is -2.43. The van der Waals surface area contributed by atoms with Crippen LogP contribution in [0.2, 0.25) is 12.1 Å². The van der Waals surface area contributed by atoms with Crippen LogP contribution >= 0.6 is 0 Å². The normalized spacial score (nSPS) is 18.8. The Kier molecular flexibility index (Phi) is 2.19. The molecule has 0 nitrogen and oxygen atoms in total. The molecule has 1 aliphatic rings. The van der Waals surface area contributed by atoms with Crippen molar-refractivity contribution in [3.05, 3.63) is 54.8 Å². The fourth-order valence-corrected chi connectivity index (χ4v) is 5.20. The molecule has 0 atom stereocenters. The van der Waals surface area contributed by atoms with Crippen molar-refractivity contribution < 1.29 is 0 Å². The van der Waals surface area contributed by atoms with Crippen molar-refractivity contribution in [2.24, 2.45) is 0 Å². The van der Waals surface area contributed by atoms with Gasteiger partial charge in [-0.3, -0.25) is 0 Å². The summed E-state index contributed by atoms with van der Waals surface area (Å²) < 4.78 is 0. The van der Waals surface area contributed by atoms with Gasteiger partial charge in [-0.25, -0.2) is 0 Å². The minimum atomic E-state index is -1.33. The molecule has 0 aliphatic carbocycles. The third kappa shape index (κ3) is 1.40. The maximum absolute atomic E-state index is 4.01. The predicted molar refractivity (Wildman–Crippen MR) is 60.8 cm³/mol. The molecule has 2 rings (SSSR count). The first-order chi connectivity index (χ1) is 6.37. The Morgan fingerprint density at radius 3 is 2.23 bits per heavy atom. The monoisotopic (exact) mass is 186 g/mol. The SMILES string of the molecule is C=C[Si]1(c2ccccc2)CC=CC1. The average molecular weight is 186 g/mol. The molecular weight excluding hydrogens is 172 g/mol. The smallest absolute Gasteiger partial charge is 0.107 e. The van der Waals surface area contributed by atoms with Crippen LogP contribution in [-0.2, 0) is 0 Å². The van der Waals surface area contributed by atoms with E-state index in [1.807, 2.05) is 0 Å². The van der Waals surface area contributed by atoms with E-state index in [0.29, 0.717) is 0 Å². The first-order valence-corrected chi connectivity index (χ1v) is 7.21. The molecule has 0 saturated carbocycles. The van der Waals surface area contributed by atoms with Gasteiger partial charge in [0, 0.05) is 0 Å². The van der Waals surface area contributed by atoms with Crippen molar-refractivity contribution in [1.82, 2.24) is 0 Å². The Hall–Kier alpha value is -1.08. The van der Waals surface area contributed by atoms with Gasteiger partial charge in [0.25, 0.3) is 0 Å². The van der Waals surface area contributed by atoms with Crippen molar-refractivity contribution in [2.75, 3.05) is 0 Å². The zero-order chi connectivity index (χ0) is 9.15. The van der Waals surface area contributed by atoms with Crippen molar-refractivity contribution in [3.63, 3.8) is 0 Å². The molecule has 0 saturated heterocycles. The second-order valence-electron chi connectivity index (χ2n) is 3.61. The summed E-state index contributed by atoms with van der Waals surface area (Å²) in [5, 5.41) is 1.52. The van der Waals surface area contributed by atoms with Crippen molar-refractivity contribution >= 4 is 13.3 Å². The Labute approximate surface area is 80.6 Å². The summed E-state index contributed by atoms with van der Waals surface area (Å²) in [4.78, 5) is 0. The van der Waals surface area contributed by atoms with Gasteiger partial charge in [-0.2, -0.15) is 0 Å². The van der Waals surface area contributed by atoms with Gasteiger partial charge in [-0.05, 0) is 12.1 Å². The van der Waals surface area contributed by atoms with Crippen LogP contribution in [0.15, 0.2) is 54.8 Å². The molecule has 0 fully saturated rings. The highest BCUT2D eigenvalue weighted by Gasteiger charge is 2.31. The first-order valence-electron chi connectivity index (χ1n) is 4.71. The highest BCUT2D eigenvalue weighted by atomic mass is 28.3. The van der Waals surface area contributed by atoms with Gasteiger partial charge >= 0.3 is 0 Å². The predicted octanol–water partition coefficient (Wildman–Crippen LogP) is 2.64. The maximum atomic E-state index is 4.01. The minimum Gasteiger partial charge on any atom is -0.107 e. The summed E-state index contributed by atoms with van der Waals surface area (Å²) in [7, 11) is -1.33. The van der Waals surface area contributed by atoms with E-state index in [9.17, 15) is 0 Å². The Morgan fingerprint density at radius 2 is 1.69 bits per heavy atom. The second-order valence-corrected chi connectivity index (χ2v) is 7.72. The van der Waals surface area contributed by atoms with Crippen LogP contribution in [0.5, 0.6) is 0 Å². The molecular formula is C12H14Si. The number of allylic oxidation sites excluding steroid dienone is 2. The van der Waals surface area contributed by atoms with Crippen LogP contribution in [0.4, 0.5) is 0 Å². The van der Waals surface area contributed by atoms with Gasteiger partial charge in [0.05, 0.1) is 0 Å². The Bertz CT molecular complexity index is 316. The molecule has 66 valence electrons. The molecule has 1 aromatic carbocycles. The molecule has 0 N–H and O–H groups in total. The highest BCUT2D eigenvalue weighted by molar-refractivity contribution is 6.97. The second kappa shape index (κ2) is 3.34. The number of rotatable bonds is 2. The highest BCUT2D eigenvalue weighted by Crippen LogP contribution is 2.24. The van der Waals surface area contributed by atoms with Crippen LogP contribution in [0, 0.1) is 0 Å². The largest absolute Gasteiger partial charge is 0.117 e. The summed E-state index contributed by atoms with van der Waals surface area (Å²) in [6, 6.07) is 13.3. The van der Waals surface area contributed by atoms with Crippen LogP contribution in [0.1, 0.15) is 0 Å². The van der Waals surface area contributed by atoms with Gasteiger partial charge in [0.1, 0.15) is 8.07 Å². The third-order valence-electron chi connectivity index (χ3n) is 2.87. The zero-order valence-electron chi connectivity index (χ0n) is 7.74. The van der Waals surface area contributed by atoms with Crippen molar-refractivity contribution in [2.45, 2.75) is 12.1 Å². The van der Waals surface area contributed by atoms with E-state index in [1.165, 1.54) is 17.3 Å². The van der Waals surface area contributed by atoms with Crippen LogP contribution in [0.25, 0.3) is 0 Å². The Morgan fingerprint density at radius 1 is 1.08 bits per heavy atom. The molecule has 0 radical (unpaired) electrons. The van der Waals surface area contributed by atoms with Crippen molar-refractivity contribution in [1.29, 1.82) is 0 Å². The fraction of sp³-hybridized carbons (Fsp3) is 0.167. The summed E-state index contributed by atoms with van der Waals surface area (Å²) in [5.41, 5.74) is 2.22. The van der Waals surface area contributed by atoms with E-state index < -0.39 is 8.07 Å². The van der Waals surface area contributed by atoms with E-state index in [2.05, 4.69) is 54.8 Å². The quantitative estimate of drug-likeness (QED) is 0.492. The summed E-state index contributed by atoms with van der Waals surface area (Å²) >= 11 is 0. The molecule has 0 bridgehead atoms. The molecule has 0 spiro atoms. The van der Waals surface area contributed by atoms with E-state index in [4.69, 9.17) is 0 Å². The van der Waals surface area contributed by atoms with Gasteiger partial charge in [-0.15, -0.1) is 6.58 Å². The average Bonchev–Trinajstić information content (AvgIpc) is 2.69. The lowest BCUT2D eigenvalue weighted by Gasteiger charge is -2.22. The molecule has 0 amide bonds. The van der Waals surface area contributed by atoms with Crippen LogP contribution in [-0.4, -0.2) is 8.07 Å². The first kappa shape index (κ1) is 8.51. The number of hydrogen-bond acceptors (Lipinski definition) is 0. The summed E-state index contributed by atoms with van der Waals surface area (Å²) in [6.45, 7) is 4.01.